The van der Waals surface area contributed by atoms with E-state index in [0.29, 0.717) is 13.0 Å². The van der Waals surface area contributed by atoms with Crippen LogP contribution in [0.25, 0.3) is 0 Å². The molecule has 0 bridgehead atoms. The first-order valence-corrected chi connectivity index (χ1v) is 14.7. The molecular weight excluding hydrogens is 500 g/mol. The van der Waals surface area contributed by atoms with Crippen molar-refractivity contribution < 1.29 is 23.7 Å². The maximum atomic E-state index is 15.0. The highest BCUT2D eigenvalue weighted by Gasteiger charge is 2.56. The predicted octanol–water partition coefficient (Wildman–Crippen LogP) is 5.38. The SMILES string of the molecule is CC(C)(C)[Si](C)(C)C(O)(CC(O)c1nc(Br)nn1C1CCCCO1)c1c(F)cccc1F. The highest BCUT2D eigenvalue weighted by atomic mass is 79.9. The number of halogens is 3. The summed E-state index contributed by atoms with van der Waals surface area (Å²) in [5, 5.41) is 25.3. The van der Waals surface area contributed by atoms with E-state index < -0.39 is 47.9 Å². The van der Waals surface area contributed by atoms with E-state index >= 15 is 0 Å². The molecule has 1 aromatic heterocycles. The Morgan fingerprint density at radius 3 is 2.41 bits per heavy atom. The highest BCUT2D eigenvalue weighted by molar-refractivity contribution is 9.10. The number of ether oxygens (including phenoxy) is 1. The van der Waals surface area contributed by atoms with Crippen molar-refractivity contribution in [3.05, 3.63) is 46.0 Å². The molecule has 3 atom stereocenters. The summed E-state index contributed by atoms with van der Waals surface area (Å²) in [6.07, 6.45) is 0.577. The number of nitrogens with zero attached hydrogens (tertiary/aromatic N) is 3. The number of aliphatic hydroxyl groups excluding tert-OH is 1. The molecule has 2 aromatic rings. The number of hydrogen-bond donors (Lipinski definition) is 2. The summed E-state index contributed by atoms with van der Waals surface area (Å²) in [7, 11) is -2.89. The molecule has 0 saturated carbocycles. The van der Waals surface area contributed by atoms with E-state index in [4.69, 9.17) is 4.74 Å². The lowest BCUT2D eigenvalue weighted by Crippen LogP contribution is -2.59. The molecule has 1 aliphatic heterocycles. The van der Waals surface area contributed by atoms with Crippen LogP contribution in [0.5, 0.6) is 0 Å². The molecule has 2 N–H and O–H groups in total. The van der Waals surface area contributed by atoms with Gasteiger partial charge in [-0.05, 0) is 52.4 Å². The fourth-order valence-corrected chi connectivity index (χ4v) is 7.38. The van der Waals surface area contributed by atoms with Crippen molar-refractivity contribution in [1.82, 2.24) is 14.8 Å². The van der Waals surface area contributed by atoms with Crippen LogP contribution in [0.15, 0.2) is 22.9 Å². The summed E-state index contributed by atoms with van der Waals surface area (Å²) in [6.45, 7) is 10.2. The quantitative estimate of drug-likeness (QED) is 0.489. The van der Waals surface area contributed by atoms with E-state index in [1.165, 1.54) is 10.7 Å². The molecule has 0 spiro atoms. The Bertz CT molecular complexity index is 940. The van der Waals surface area contributed by atoms with Crippen LogP contribution in [-0.4, -0.2) is 39.7 Å². The van der Waals surface area contributed by atoms with Crippen LogP contribution in [0, 0.1) is 11.6 Å². The summed E-state index contributed by atoms with van der Waals surface area (Å²) in [5.41, 5.74) is -0.398. The fraction of sp³-hybridized carbons (Fsp3) is 0.636. The van der Waals surface area contributed by atoms with Crippen LogP contribution in [0.4, 0.5) is 8.78 Å². The molecule has 178 valence electrons. The van der Waals surface area contributed by atoms with Crippen LogP contribution >= 0.6 is 15.9 Å². The Balaban J connectivity index is 2.09. The Kier molecular flexibility index (Phi) is 7.32. The molecule has 1 saturated heterocycles. The van der Waals surface area contributed by atoms with E-state index in [1.54, 1.807) is 0 Å². The van der Waals surface area contributed by atoms with E-state index in [-0.39, 0.29) is 17.0 Å². The summed E-state index contributed by atoms with van der Waals surface area (Å²) >= 11 is 3.25. The average molecular weight is 533 g/mol. The number of aliphatic hydroxyl groups is 2. The Morgan fingerprint density at radius 1 is 1.25 bits per heavy atom. The van der Waals surface area contributed by atoms with Gasteiger partial charge in [0.25, 0.3) is 0 Å². The first-order valence-electron chi connectivity index (χ1n) is 10.9. The first kappa shape index (κ1) is 25.4. The molecule has 32 heavy (non-hydrogen) atoms. The molecule has 3 unspecified atom stereocenters. The van der Waals surface area contributed by atoms with Crippen molar-refractivity contribution in [3.8, 4) is 0 Å². The minimum atomic E-state index is -2.89. The monoisotopic (exact) mass is 531 g/mol. The smallest absolute Gasteiger partial charge is 0.217 e. The second-order valence-electron chi connectivity index (χ2n) is 10.1. The number of hydrogen-bond acceptors (Lipinski definition) is 5. The molecule has 1 fully saturated rings. The third-order valence-corrected chi connectivity index (χ3v) is 13.7. The van der Waals surface area contributed by atoms with Gasteiger partial charge in [0.1, 0.15) is 17.7 Å². The molecule has 0 radical (unpaired) electrons. The van der Waals surface area contributed by atoms with Gasteiger partial charge >= 0.3 is 0 Å². The fourth-order valence-electron chi connectivity index (χ4n) is 4.22. The average Bonchev–Trinajstić information content (AvgIpc) is 3.09. The minimum absolute atomic E-state index is 0.192. The largest absolute Gasteiger partial charge is 0.388 e. The molecule has 2 heterocycles. The van der Waals surface area contributed by atoms with Crippen molar-refractivity contribution in [1.29, 1.82) is 0 Å². The van der Waals surface area contributed by atoms with Gasteiger partial charge in [-0.15, -0.1) is 5.10 Å². The molecule has 0 aliphatic carbocycles. The zero-order chi connectivity index (χ0) is 23.9. The Morgan fingerprint density at radius 2 is 1.88 bits per heavy atom. The van der Waals surface area contributed by atoms with E-state index in [9.17, 15) is 19.0 Å². The maximum absolute atomic E-state index is 15.0. The van der Waals surface area contributed by atoms with Crippen molar-refractivity contribution in [2.45, 2.75) is 82.1 Å². The summed E-state index contributed by atoms with van der Waals surface area (Å²) in [6, 6.07) is 3.54. The van der Waals surface area contributed by atoms with E-state index in [1.807, 2.05) is 33.9 Å². The standard InChI is InChI=1S/C22H32BrF2N3O3Si/c1-21(2,3)32(4,5)22(30,18-14(24)9-8-10-15(18)25)13-16(29)19-26-20(23)27-28(19)17-11-6-7-12-31-17/h8-10,16-17,29-30H,6-7,11-13H2,1-5H3. The lowest BCUT2D eigenvalue weighted by atomic mass is 10.0. The van der Waals surface area contributed by atoms with Gasteiger partial charge in [0, 0.05) is 13.0 Å². The van der Waals surface area contributed by atoms with Gasteiger partial charge in [0.15, 0.2) is 12.1 Å². The van der Waals surface area contributed by atoms with Crippen molar-refractivity contribution in [2.75, 3.05) is 6.61 Å². The van der Waals surface area contributed by atoms with Gasteiger partial charge in [-0.25, -0.2) is 18.4 Å². The zero-order valence-electron chi connectivity index (χ0n) is 19.2. The molecule has 3 rings (SSSR count). The first-order chi connectivity index (χ1) is 14.8. The third-order valence-electron chi connectivity index (χ3n) is 7.13. The van der Waals surface area contributed by atoms with Gasteiger partial charge in [0.05, 0.1) is 18.9 Å². The molecule has 0 amide bonds. The summed E-state index contributed by atoms with van der Waals surface area (Å²) in [5.74, 6) is -1.47. The van der Waals surface area contributed by atoms with Crippen molar-refractivity contribution >= 4 is 24.0 Å². The lowest BCUT2D eigenvalue weighted by Gasteiger charge is -2.50. The maximum Gasteiger partial charge on any atom is 0.217 e. The molecule has 6 nitrogen and oxygen atoms in total. The van der Waals surface area contributed by atoms with Crippen LogP contribution in [-0.2, 0) is 9.96 Å². The van der Waals surface area contributed by atoms with E-state index in [0.717, 1.165) is 25.0 Å². The van der Waals surface area contributed by atoms with Gasteiger partial charge in [0.2, 0.25) is 4.73 Å². The van der Waals surface area contributed by atoms with Gasteiger partial charge in [-0.2, -0.15) is 0 Å². The van der Waals surface area contributed by atoms with Crippen LogP contribution in [0.3, 0.4) is 0 Å². The van der Waals surface area contributed by atoms with Gasteiger partial charge in [-0.1, -0.05) is 39.9 Å². The van der Waals surface area contributed by atoms with Gasteiger partial charge in [-0.3, -0.25) is 0 Å². The van der Waals surface area contributed by atoms with Gasteiger partial charge < -0.3 is 14.9 Å². The second-order valence-corrected chi connectivity index (χ2v) is 16.3. The second kappa shape index (κ2) is 9.21. The predicted molar refractivity (Wildman–Crippen MR) is 124 cm³/mol. The third kappa shape index (κ3) is 4.57. The van der Waals surface area contributed by atoms with Crippen LogP contribution < -0.4 is 0 Å². The zero-order valence-corrected chi connectivity index (χ0v) is 21.8. The Labute approximate surface area is 197 Å². The van der Waals surface area contributed by atoms with Crippen LogP contribution in [0.1, 0.15) is 70.2 Å². The Hall–Kier alpha value is -1.20. The number of rotatable bonds is 6. The normalized spacial score (nSPS) is 20.8. The number of aromatic nitrogens is 3. The number of benzene rings is 1. The lowest BCUT2D eigenvalue weighted by molar-refractivity contribution is -0.0483. The molecular formula is C22H32BrF2N3O3Si. The van der Waals surface area contributed by atoms with Crippen LogP contribution in [0.2, 0.25) is 18.1 Å². The topological polar surface area (TPSA) is 80.4 Å². The molecule has 1 aliphatic rings. The summed E-state index contributed by atoms with van der Waals surface area (Å²) < 4.78 is 37.5. The highest BCUT2D eigenvalue weighted by Crippen LogP contribution is 2.51. The van der Waals surface area contributed by atoms with E-state index in [2.05, 4.69) is 26.0 Å². The minimum Gasteiger partial charge on any atom is -0.388 e. The molecule has 10 heteroatoms. The van der Waals surface area contributed by atoms with Crippen molar-refractivity contribution in [2.24, 2.45) is 0 Å². The molecule has 1 aromatic carbocycles. The van der Waals surface area contributed by atoms with Crippen molar-refractivity contribution in [3.63, 3.8) is 0 Å². The summed E-state index contributed by atoms with van der Waals surface area (Å²) in [4.78, 5) is 4.31.